The largest absolute Gasteiger partial charge is 0.438 e. The van der Waals surface area contributed by atoms with Crippen molar-refractivity contribution in [2.75, 3.05) is 13.1 Å². The molecule has 0 aliphatic rings. The number of carbonyl (C=O) groups excluding carboxylic acids is 1. The molecule has 74 valence electrons. The van der Waals surface area contributed by atoms with E-state index in [-0.39, 0.29) is 18.2 Å². The van der Waals surface area contributed by atoms with Gasteiger partial charge in [-0.2, -0.15) is 0 Å². The normalized spacial score (nSPS) is 9.50. The highest BCUT2D eigenvalue weighted by Gasteiger charge is 2.19. The predicted octanol–water partition coefficient (Wildman–Crippen LogP) is 1.08. The van der Waals surface area contributed by atoms with Crippen LogP contribution >= 0.6 is 0 Å². The molecule has 0 fully saturated rings. The fourth-order valence-corrected chi connectivity index (χ4v) is 1.09. The molecule has 0 N–H and O–H groups in total. The Morgan fingerprint density at radius 1 is 1.79 bits per heavy atom. The fraction of sp³-hybridized carbons (Fsp3) is 0.400. The number of hydrogen-bond acceptors (Lipinski definition) is 3. The van der Waals surface area contributed by atoms with E-state index in [0.29, 0.717) is 12.2 Å². The molecular formula is C10H12N2O2. The summed E-state index contributed by atoms with van der Waals surface area (Å²) in [6.07, 6.45) is 6.40. The van der Waals surface area contributed by atoms with Crippen molar-refractivity contribution in [2.45, 2.75) is 13.8 Å². The number of aromatic nitrogens is 1. The van der Waals surface area contributed by atoms with Gasteiger partial charge in [-0.15, -0.1) is 6.42 Å². The molecule has 4 nitrogen and oxygen atoms in total. The average Bonchev–Trinajstić information content (AvgIpc) is 2.59. The second kappa shape index (κ2) is 4.47. The smallest absolute Gasteiger partial charge is 0.292 e. The van der Waals surface area contributed by atoms with Gasteiger partial charge in [-0.3, -0.25) is 4.79 Å². The first-order valence-corrected chi connectivity index (χ1v) is 4.33. The zero-order valence-electron chi connectivity index (χ0n) is 8.28. The summed E-state index contributed by atoms with van der Waals surface area (Å²) >= 11 is 0. The maximum atomic E-state index is 11.7. The third-order valence-electron chi connectivity index (χ3n) is 1.89. The van der Waals surface area contributed by atoms with E-state index in [1.54, 1.807) is 6.92 Å². The number of oxazole rings is 1. The van der Waals surface area contributed by atoms with Crippen LogP contribution in [0.1, 0.15) is 23.2 Å². The van der Waals surface area contributed by atoms with Crippen LogP contribution in [-0.2, 0) is 0 Å². The Morgan fingerprint density at radius 2 is 2.50 bits per heavy atom. The third-order valence-corrected chi connectivity index (χ3v) is 1.89. The van der Waals surface area contributed by atoms with Gasteiger partial charge in [0.05, 0.1) is 12.2 Å². The molecule has 0 radical (unpaired) electrons. The SMILES string of the molecule is C#CCN(CC)C(=O)c1ocnc1C. The molecule has 0 unspecified atom stereocenters. The minimum absolute atomic E-state index is 0.208. The molecule has 1 rings (SSSR count). The first kappa shape index (κ1) is 10.3. The molecular weight excluding hydrogens is 180 g/mol. The number of rotatable bonds is 3. The highest BCUT2D eigenvalue weighted by Crippen LogP contribution is 2.08. The minimum Gasteiger partial charge on any atom is -0.438 e. The van der Waals surface area contributed by atoms with Crippen LogP contribution in [0, 0.1) is 19.3 Å². The molecule has 0 saturated carbocycles. The van der Waals surface area contributed by atoms with Gasteiger partial charge < -0.3 is 9.32 Å². The van der Waals surface area contributed by atoms with Crippen molar-refractivity contribution in [2.24, 2.45) is 0 Å². The Bertz CT molecular complexity index is 362. The number of hydrogen-bond donors (Lipinski definition) is 0. The van der Waals surface area contributed by atoms with Gasteiger partial charge in [-0.1, -0.05) is 5.92 Å². The molecule has 0 spiro atoms. The summed E-state index contributed by atoms with van der Waals surface area (Å²) in [6.45, 7) is 4.43. The minimum atomic E-state index is -0.208. The van der Waals surface area contributed by atoms with Gasteiger partial charge >= 0.3 is 0 Å². The number of aryl methyl sites for hydroxylation is 1. The summed E-state index contributed by atoms with van der Waals surface area (Å²) in [5, 5.41) is 0. The molecule has 4 heteroatoms. The van der Waals surface area contributed by atoms with Gasteiger partial charge in [0.2, 0.25) is 5.76 Å². The van der Waals surface area contributed by atoms with Gasteiger partial charge in [0.25, 0.3) is 5.91 Å². The summed E-state index contributed by atoms with van der Waals surface area (Å²) in [5.41, 5.74) is 0.588. The van der Waals surface area contributed by atoms with Gasteiger partial charge in [0.15, 0.2) is 6.39 Å². The van der Waals surface area contributed by atoms with Gasteiger partial charge in [-0.25, -0.2) is 4.98 Å². The fourth-order valence-electron chi connectivity index (χ4n) is 1.09. The Labute approximate surface area is 82.9 Å². The highest BCUT2D eigenvalue weighted by molar-refractivity contribution is 5.92. The van der Waals surface area contributed by atoms with Crippen molar-refractivity contribution in [3.05, 3.63) is 17.8 Å². The summed E-state index contributed by atoms with van der Waals surface area (Å²) in [4.78, 5) is 17.1. The van der Waals surface area contributed by atoms with E-state index in [1.165, 1.54) is 11.3 Å². The standard InChI is InChI=1S/C10H12N2O2/c1-4-6-12(5-2)10(13)9-8(3)11-7-14-9/h1,7H,5-6H2,2-3H3. The molecule has 0 aromatic carbocycles. The van der Waals surface area contributed by atoms with Crippen LogP contribution in [-0.4, -0.2) is 28.9 Å². The maximum absolute atomic E-state index is 11.7. The van der Waals surface area contributed by atoms with E-state index in [4.69, 9.17) is 10.8 Å². The second-order valence-electron chi connectivity index (χ2n) is 2.79. The Morgan fingerprint density at radius 3 is 2.93 bits per heavy atom. The molecule has 0 aliphatic heterocycles. The lowest BCUT2D eigenvalue weighted by Gasteiger charge is -2.16. The van der Waals surface area contributed by atoms with Crippen LogP contribution in [0.2, 0.25) is 0 Å². The predicted molar refractivity (Wildman–Crippen MR) is 51.7 cm³/mol. The number of carbonyl (C=O) groups is 1. The van der Waals surface area contributed by atoms with Crippen LogP contribution in [0.4, 0.5) is 0 Å². The van der Waals surface area contributed by atoms with Crippen LogP contribution in [0.15, 0.2) is 10.8 Å². The topological polar surface area (TPSA) is 46.3 Å². The van der Waals surface area contributed by atoms with E-state index >= 15 is 0 Å². The average molecular weight is 192 g/mol. The number of nitrogens with zero attached hydrogens (tertiary/aromatic N) is 2. The van der Waals surface area contributed by atoms with Crippen LogP contribution in [0.25, 0.3) is 0 Å². The monoisotopic (exact) mass is 192 g/mol. The molecule has 1 aromatic heterocycles. The van der Waals surface area contributed by atoms with E-state index in [0.717, 1.165) is 0 Å². The van der Waals surface area contributed by atoms with Crippen molar-refractivity contribution in [3.8, 4) is 12.3 Å². The highest BCUT2D eigenvalue weighted by atomic mass is 16.3. The van der Waals surface area contributed by atoms with Gasteiger partial charge in [-0.05, 0) is 13.8 Å². The second-order valence-corrected chi connectivity index (χ2v) is 2.79. The quantitative estimate of drug-likeness (QED) is 0.673. The van der Waals surface area contributed by atoms with Crippen LogP contribution < -0.4 is 0 Å². The first-order valence-electron chi connectivity index (χ1n) is 4.33. The van der Waals surface area contributed by atoms with E-state index in [1.807, 2.05) is 6.92 Å². The molecule has 1 amide bonds. The van der Waals surface area contributed by atoms with Gasteiger partial charge in [0, 0.05) is 6.54 Å². The lowest BCUT2D eigenvalue weighted by Crippen LogP contribution is -2.31. The zero-order valence-corrected chi connectivity index (χ0v) is 8.28. The Kier molecular flexibility index (Phi) is 3.29. The van der Waals surface area contributed by atoms with Crippen molar-refractivity contribution in [3.63, 3.8) is 0 Å². The van der Waals surface area contributed by atoms with Crippen LogP contribution in [0.5, 0.6) is 0 Å². The van der Waals surface area contributed by atoms with Crippen molar-refractivity contribution < 1.29 is 9.21 Å². The summed E-state index contributed by atoms with van der Waals surface area (Å²) in [5.74, 6) is 2.48. The Balaban J connectivity index is 2.84. The number of terminal acetylenes is 1. The summed E-state index contributed by atoms with van der Waals surface area (Å²) in [6, 6.07) is 0. The zero-order chi connectivity index (χ0) is 10.6. The van der Waals surface area contributed by atoms with Gasteiger partial charge in [0.1, 0.15) is 0 Å². The molecule has 0 bridgehead atoms. The third kappa shape index (κ3) is 1.94. The maximum Gasteiger partial charge on any atom is 0.292 e. The van der Waals surface area contributed by atoms with Crippen molar-refractivity contribution in [1.29, 1.82) is 0 Å². The summed E-state index contributed by atoms with van der Waals surface area (Å²) in [7, 11) is 0. The molecule has 0 aliphatic carbocycles. The van der Waals surface area contributed by atoms with Crippen LogP contribution in [0.3, 0.4) is 0 Å². The molecule has 0 atom stereocenters. The lowest BCUT2D eigenvalue weighted by atomic mass is 10.3. The van der Waals surface area contributed by atoms with E-state index < -0.39 is 0 Å². The van der Waals surface area contributed by atoms with E-state index in [9.17, 15) is 4.79 Å². The Hall–Kier alpha value is -1.76. The molecule has 1 heterocycles. The lowest BCUT2D eigenvalue weighted by molar-refractivity contribution is 0.0752. The summed E-state index contributed by atoms with van der Waals surface area (Å²) < 4.78 is 4.98. The van der Waals surface area contributed by atoms with Crippen molar-refractivity contribution >= 4 is 5.91 Å². The first-order chi connectivity index (χ1) is 6.70. The van der Waals surface area contributed by atoms with E-state index in [2.05, 4.69) is 10.9 Å². The molecule has 0 saturated heterocycles. The molecule has 1 aromatic rings. The van der Waals surface area contributed by atoms with Crippen molar-refractivity contribution in [1.82, 2.24) is 9.88 Å². The molecule has 14 heavy (non-hydrogen) atoms. The number of amides is 1.